The van der Waals surface area contributed by atoms with Gasteiger partial charge >= 0.3 is 6.18 Å². The van der Waals surface area contributed by atoms with E-state index in [1.165, 1.54) is 19.6 Å². The predicted molar refractivity (Wildman–Crippen MR) is 85.2 cm³/mol. The highest BCUT2D eigenvalue weighted by molar-refractivity contribution is 6.70. The number of nitro benzene ring substituents is 1. The number of hydrogen-bond acceptors (Lipinski definition) is 4. The highest BCUT2D eigenvalue weighted by Gasteiger charge is 2.39. The molecule has 1 aromatic rings. The maximum atomic E-state index is 13.1. The average Bonchev–Trinajstić information content (AvgIpc) is 2.48. The van der Waals surface area contributed by atoms with Crippen LogP contribution >= 0.6 is 0 Å². The van der Waals surface area contributed by atoms with Gasteiger partial charge < -0.3 is 9.74 Å². The summed E-state index contributed by atoms with van der Waals surface area (Å²) in [5.74, 6) is -1.72. The third-order valence-corrected chi connectivity index (χ3v) is 3.45. The van der Waals surface area contributed by atoms with Crippen LogP contribution in [0.2, 0.25) is 19.6 Å². The lowest BCUT2D eigenvalue weighted by Gasteiger charge is -2.31. The summed E-state index contributed by atoms with van der Waals surface area (Å²) in [6.45, 7) is -2.74. The summed E-state index contributed by atoms with van der Waals surface area (Å²) in [5.41, 5.74) is -7.05. The molecule has 0 atom stereocenters. The Bertz CT molecular complexity index is 823. The van der Waals surface area contributed by atoms with Gasteiger partial charge in [-0.2, -0.15) is 13.2 Å². The summed E-state index contributed by atoms with van der Waals surface area (Å²) in [7, 11) is -3.01. The number of nitrogens with zero attached hydrogens (tertiary/aromatic N) is 1. The van der Waals surface area contributed by atoms with Crippen LogP contribution < -0.4 is 5.32 Å². The van der Waals surface area contributed by atoms with E-state index in [1.54, 1.807) is 0 Å². The minimum atomic E-state index is -5.16. The Morgan fingerprint density at radius 2 is 1.92 bits per heavy atom. The fourth-order valence-electron chi connectivity index (χ4n) is 1.72. The minimum Gasteiger partial charge on any atom is -0.404 e. The molecule has 0 spiro atoms. The quantitative estimate of drug-likeness (QED) is 0.479. The lowest BCUT2D eigenvalue weighted by atomic mass is 10.1. The van der Waals surface area contributed by atoms with E-state index in [4.69, 9.17) is 12.7 Å². The van der Waals surface area contributed by atoms with Crippen LogP contribution in [0.15, 0.2) is 18.2 Å². The second-order valence-electron chi connectivity index (χ2n) is 5.84. The minimum absolute atomic E-state index is 0.217. The number of hydrogen-bond donors (Lipinski definition) is 1. The van der Waals surface area contributed by atoms with Gasteiger partial charge in [0, 0.05) is 20.0 Å². The van der Waals surface area contributed by atoms with E-state index in [2.05, 4.69) is 0 Å². The Kier molecular flexibility index (Phi) is 3.37. The molecule has 10 heteroatoms. The van der Waals surface area contributed by atoms with Crippen molar-refractivity contribution in [1.82, 2.24) is 0 Å². The molecular formula is C14H19F3N2O4Si. The second kappa shape index (κ2) is 6.52. The molecule has 0 saturated heterocycles. The van der Waals surface area contributed by atoms with Crippen molar-refractivity contribution in [3.05, 3.63) is 33.9 Å². The summed E-state index contributed by atoms with van der Waals surface area (Å²) < 4.78 is 90.6. The van der Waals surface area contributed by atoms with Crippen molar-refractivity contribution in [3.8, 4) is 0 Å². The van der Waals surface area contributed by atoms with E-state index in [-0.39, 0.29) is 6.07 Å². The molecule has 1 aromatic carbocycles. The number of carbonyl (C=O) groups is 1. The average molecular weight is 370 g/mol. The number of rotatable bonds is 5. The number of alkyl halides is 3. The first-order valence-corrected chi connectivity index (χ1v) is 9.91. The topological polar surface area (TPSA) is 81.5 Å². The maximum Gasteiger partial charge on any atom is 0.423 e. The number of anilines is 1. The monoisotopic (exact) mass is 370 g/mol. The van der Waals surface area contributed by atoms with Crippen LogP contribution in [0.4, 0.5) is 24.5 Å². The number of halogens is 3. The number of benzene rings is 1. The Labute approximate surface area is 146 Å². The molecule has 0 fully saturated rings. The normalized spacial score (nSPS) is 17.6. The molecule has 0 aromatic heterocycles. The molecule has 6 nitrogen and oxygen atoms in total. The van der Waals surface area contributed by atoms with E-state index in [0.717, 1.165) is 6.07 Å². The van der Waals surface area contributed by atoms with Gasteiger partial charge in [0.05, 0.1) is 4.92 Å². The summed E-state index contributed by atoms with van der Waals surface area (Å²) in [5, 5.41) is 12.6. The third-order valence-electron chi connectivity index (χ3n) is 2.54. The first-order valence-electron chi connectivity index (χ1n) is 9.51. The molecule has 134 valence electrons. The van der Waals surface area contributed by atoms with E-state index in [9.17, 15) is 28.1 Å². The smallest absolute Gasteiger partial charge is 0.404 e. The fourth-order valence-corrected chi connectivity index (χ4v) is 2.74. The predicted octanol–water partition coefficient (Wildman–Crippen LogP) is 4.18. The molecule has 0 aliphatic rings. The van der Waals surface area contributed by atoms with Gasteiger partial charge in [0.2, 0.25) is 0 Å². The number of carbonyl (C=O) groups excluding carboxylic acids is 1. The number of amides is 1. The zero-order valence-corrected chi connectivity index (χ0v) is 13.9. The first kappa shape index (κ1) is 12.4. The van der Waals surface area contributed by atoms with Crippen molar-refractivity contribution >= 4 is 25.6 Å². The first-order chi connectivity index (χ1) is 13.1. The number of nitrogens with one attached hydrogen (secondary N) is 1. The van der Waals surface area contributed by atoms with Gasteiger partial charge in [-0.25, -0.2) is 0 Å². The van der Waals surface area contributed by atoms with E-state index in [1.807, 2.05) is 5.32 Å². The van der Waals surface area contributed by atoms with Crippen LogP contribution in [-0.2, 0) is 15.4 Å². The summed E-state index contributed by atoms with van der Waals surface area (Å²) in [6, 6.07) is 1.40. The van der Waals surface area contributed by atoms with Crippen molar-refractivity contribution < 1.29 is 35.5 Å². The molecule has 24 heavy (non-hydrogen) atoms. The van der Waals surface area contributed by atoms with Gasteiger partial charge in [-0.1, -0.05) is 0 Å². The molecule has 1 amide bonds. The van der Waals surface area contributed by atoms with Crippen LogP contribution in [0.3, 0.4) is 0 Å². The Hall–Kier alpha value is -1.94. The molecule has 0 bridgehead atoms. The van der Waals surface area contributed by atoms with Crippen molar-refractivity contribution in [3.63, 3.8) is 0 Å². The zero-order chi connectivity index (χ0) is 23.9. The van der Waals surface area contributed by atoms with Crippen molar-refractivity contribution in [2.24, 2.45) is 0 Å². The van der Waals surface area contributed by atoms with Crippen LogP contribution in [0.5, 0.6) is 0 Å². The summed E-state index contributed by atoms with van der Waals surface area (Å²) in [4.78, 5) is 22.4. The van der Waals surface area contributed by atoms with Crippen molar-refractivity contribution in [2.75, 3.05) is 5.32 Å². The van der Waals surface area contributed by atoms with Gasteiger partial charge in [0.1, 0.15) is 11.2 Å². The highest BCUT2D eigenvalue weighted by atomic mass is 28.4. The molecule has 0 aliphatic heterocycles. The van der Waals surface area contributed by atoms with Gasteiger partial charge in [-0.05, 0) is 45.5 Å². The second-order valence-corrected chi connectivity index (χ2v) is 10.3. The molecule has 1 N–H and O–H groups in total. The molecule has 0 aliphatic carbocycles. The highest BCUT2D eigenvalue weighted by Crippen LogP contribution is 2.37. The Morgan fingerprint density at radius 3 is 2.33 bits per heavy atom. The SMILES string of the molecule is [2H]C([2H])([2H])C(O[Si](C)(C)C)(C(=O)Nc1ccc([N+](=O)[O-])c(C(F)(F)F)c1)C([2H])([2H])[2H]. The Balaban J connectivity index is 3.60. The van der Waals surface area contributed by atoms with Gasteiger partial charge in [-0.15, -0.1) is 0 Å². The van der Waals surface area contributed by atoms with Crippen LogP contribution in [0.1, 0.15) is 27.5 Å². The van der Waals surface area contributed by atoms with Crippen molar-refractivity contribution in [1.29, 1.82) is 0 Å². The van der Waals surface area contributed by atoms with Crippen LogP contribution in [0.25, 0.3) is 0 Å². The lowest BCUT2D eigenvalue weighted by molar-refractivity contribution is -0.388. The molecule has 1 rings (SSSR count). The van der Waals surface area contributed by atoms with Crippen LogP contribution in [0, 0.1) is 10.1 Å². The fraction of sp³-hybridized carbons (Fsp3) is 0.500. The standard InChI is InChI=1S/C14H19F3N2O4Si/c1-13(2,23-24(3,4)5)12(20)18-9-6-7-11(19(21)22)10(8-9)14(15,16)17/h6-8H,1-5H3,(H,18,20)/i1D3,2D3. The van der Waals surface area contributed by atoms with E-state index < -0.39 is 61.6 Å². The maximum absolute atomic E-state index is 13.1. The summed E-state index contributed by atoms with van der Waals surface area (Å²) >= 11 is 0. The summed E-state index contributed by atoms with van der Waals surface area (Å²) in [6.07, 6.45) is -5.16. The van der Waals surface area contributed by atoms with Gasteiger partial charge in [-0.3, -0.25) is 14.9 Å². The Morgan fingerprint density at radius 1 is 1.33 bits per heavy atom. The molecule has 0 radical (unpaired) electrons. The molecule has 0 heterocycles. The molecule has 0 saturated carbocycles. The van der Waals surface area contributed by atoms with Crippen molar-refractivity contribution in [2.45, 2.75) is 45.1 Å². The molecular weight excluding hydrogens is 345 g/mol. The largest absolute Gasteiger partial charge is 0.423 e. The van der Waals surface area contributed by atoms with Gasteiger partial charge in [0.25, 0.3) is 11.6 Å². The van der Waals surface area contributed by atoms with Crippen LogP contribution in [-0.4, -0.2) is 24.7 Å². The zero-order valence-electron chi connectivity index (χ0n) is 18.9. The lowest BCUT2D eigenvalue weighted by Crippen LogP contribution is -2.46. The van der Waals surface area contributed by atoms with E-state index in [0.29, 0.717) is 6.07 Å². The van der Waals surface area contributed by atoms with E-state index >= 15 is 0 Å². The number of nitro groups is 1. The van der Waals surface area contributed by atoms with Gasteiger partial charge in [0.15, 0.2) is 8.32 Å². The molecule has 0 unspecified atom stereocenters. The third kappa shape index (κ3) is 5.30.